The maximum atomic E-state index is 13.9. The molecule has 1 heterocycles. The van der Waals surface area contributed by atoms with E-state index in [0.717, 1.165) is 25.0 Å². The van der Waals surface area contributed by atoms with E-state index < -0.39 is 26.6 Å². The van der Waals surface area contributed by atoms with Crippen LogP contribution in [0.4, 0.5) is 8.78 Å². The van der Waals surface area contributed by atoms with Crippen LogP contribution in [0.2, 0.25) is 0 Å². The lowest BCUT2D eigenvalue weighted by Gasteiger charge is -2.32. The highest BCUT2D eigenvalue weighted by molar-refractivity contribution is 7.89. The van der Waals surface area contributed by atoms with E-state index in [9.17, 15) is 17.2 Å². The van der Waals surface area contributed by atoms with Gasteiger partial charge in [0.25, 0.3) is 0 Å². The monoisotopic (exact) mass is 318 g/mol. The van der Waals surface area contributed by atoms with Crippen molar-refractivity contribution in [2.24, 2.45) is 5.92 Å². The molecule has 0 radical (unpaired) electrons. The van der Waals surface area contributed by atoms with Crippen molar-refractivity contribution >= 4 is 10.0 Å². The van der Waals surface area contributed by atoms with E-state index in [-0.39, 0.29) is 11.5 Å². The van der Waals surface area contributed by atoms with E-state index in [1.165, 1.54) is 11.2 Å². The topological polar surface area (TPSA) is 49.4 Å². The number of aryl methyl sites for hydroxylation is 1. The molecule has 0 saturated carbocycles. The van der Waals surface area contributed by atoms with Crippen molar-refractivity contribution in [3.63, 3.8) is 0 Å². The number of nitrogens with one attached hydrogen (secondary N) is 1. The van der Waals surface area contributed by atoms with E-state index in [1.54, 1.807) is 0 Å². The molecule has 0 aromatic heterocycles. The van der Waals surface area contributed by atoms with Crippen molar-refractivity contribution in [3.8, 4) is 0 Å². The van der Waals surface area contributed by atoms with Gasteiger partial charge in [-0.05, 0) is 57.0 Å². The number of piperidine rings is 1. The summed E-state index contributed by atoms with van der Waals surface area (Å²) in [5.74, 6) is -1.42. The zero-order valence-corrected chi connectivity index (χ0v) is 13.0. The number of halogens is 2. The van der Waals surface area contributed by atoms with Gasteiger partial charge < -0.3 is 5.32 Å². The standard InChI is InChI=1S/C14H20F2N2O2S/c1-10-6-13(16)14(7-12(10)15)21(19,20)18-5-3-4-11(9-18)8-17-2/h6-7,11,17H,3-5,8-9H2,1-2H3. The van der Waals surface area contributed by atoms with Crippen LogP contribution >= 0.6 is 0 Å². The molecule has 0 amide bonds. The maximum absolute atomic E-state index is 13.9. The fraction of sp³-hybridized carbons (Fsp3) is 0.571. The molecule has 0 bridgehead atoms. The van der Waals surface area contributed by atoms with Gasteiger partial charge in [-0.25, -0.2) is 17.2 Å². The highest BCUT2D eigenvalue weighted by Crippen LogP contribution is 2.26. The summed E-state index contributed by atoms with van der Waals surface area (Å²) in [7, 11) is -2.18. The van der Waals surface area contributed by atoms with E-state index >= 15 is 0 Å². The quantitative estimate of drug-likeness (QED) is 0.922. The fourth-order valence-corrected chi connectivity index (χ4v) is 4.28. The average Bonchev–Trinajstić information content (AvgIpc) is 2.43. The van der Waals surface area contributed by atoms with Gasteiger partial charge in [-0.1, -0.05) is 0 Å². The molecule has 21 heavy (non-hydrogen) atoms. The van der Waals surface area contributed by atoms with Crippen LogP contribution in [0.3, 0.4) is 0 Å². The van der Waals surface area contributed by atoms with Crippen LogP contribution in [0, 0.1) is 24.5 Å². The lowest BCUT2D eigenvalue weighted by molar-refractivity contribution is 0.262. The summed E-state index contributed by atoms with van der Waals surface area (Å²) in [6, 6.07) is 1.71. The van der Waals surface area contributed by atoms with Crippen LogP contribution in [0.25, 0.3) is 0 Å². The third-order valence-corrected chi connectivity index (χ3v) is 5.69. The summed E-state index contributed by atoms with van der Waals surface area (Å²) in [6.07, 6.45) is 1.65. The second-order valence-corrected chi connectivity index (χ2v) is 7.37. The summed E-state index contributed by atoms with van der Waals surface area (Å²) >= 11 is 0. The van der Waals surface area contributed by atoms with Crippen molar-refractivity contribution in [1.29, 1.82) is 0 Å². The van der Waals surface area contributed by atoms with Crippen molar-refractivity contribution < 1.29 is 17.2 Å². The molecule has 1 aromatic rings. The summed E-state index contributed by atoms with van der Waals surface area (Å²) in [5, 5.41) is 3.02. The molecule has 0 spiro atoms. The second-order valence-electron chi connectivity index (χ2n) is 5.46. The van der Waals surface area contributed by atoms with Gasteiger partial charge in [-0.2, -0.15) is 4.31 Å². The predicted octanol–water partition coefficient (Wildman–Crippen LogP) is 1.89. The summed E-state index contributed by atoms with van der Waals surface area (Å²) in [4.78, 5) is -0.573. The highest BCUT2D eigenvalue weighted by Gasteiger charge is 2.32. The third-order valence-electron chi connectivity index (χ3n) is 3.81. The fourth-order valence-electron chi connectivity index (χ4n) is 2.67. The lowest BCUT2D eigenvalue weighted by atomic mass is 10.00. The first-order chi connectivity index (χ1) is 9.86. The number of benzene rings is 1. The first-order valence-electron chi connectivity index (χ1n) is 6.96. The molecule has 1 saturated heterocycles. The zero-order chi connectivity index (χ0) is 15.6. The van der Waals surface area contributed by atoms with Crippen molar-refractivity contribution in [2.45, 2.75) is 24.7 Å². The van der Waals surface area contributed by atoms with E-state index in [4.69, 9.17) is 0 Å². The largest absolute Gasteiger partial charge is 0.319 e. The number of rotatable bonds is 4. The van der Waals surface area contributed by atoms with Crippen molar-refractivity contribution in [2.75, 3.05) is 26.7 Å². The molecule has 1 N–H and O–H groups in total. The zero-order valence-electron chi connectivity index (χ0n) is 12.2. The Hall–Kier alpha value is -1.05. The first-order valence-corrected chi connectivity index (χ1v) is 8.40. The highest BCUT2D eigenvalue weighted by atomic mass is 32.2. The average molecular weight is 318 g/mol. The maximum Gasteiger partial charge on any atom is 0.246 e. The molecule has 1 aliphatic heterocycles. The Morgan fingerprint density at radius 3 is 2.71 bits per heavy atom. The van der Waals surface area contributed by atoms with Crippen LogP contribution in [-0.2, 0) is 10.0 Å². The van der Waals surface area contributed by atoms with Gasteiger partial charge in [-0.3, -0.25) is 0 Å². The first kappa shape index (κ1) is 16.3. The summed E-state index contributed by atoms with van der Waals surface area (Å²) in [5.41, 5.74) is 0.0955. The SMILES string of the molecule is CNCC1CCCN(S(=O)(=O)c2cc(F)c(C)cc2F)C1. The minimum absolute atomic E-state index is 0.0955. The van der Waals surface area contributed by atoms with Crippen LogP contribution in [0.5, 0.6) is 0 Å². The van der Waals surface area contributed by atoms with Gasteiger partial charge in [0.2, 0.25) is 10.0 Å². The molecule has 7 heteroatoms. The number of hydrogen-bond acceptors (Lipinski definition) is 3. The van der Waals surface area contributed by atoms with Crippen LogP contribution in [-0.4, -0.2) is 39.4 Å². The minimum Gasteiger partial charge on any atom is -0.319 e. The van der Waals surface area contributed by atoms with Gasteiger partial charge in [0, 0.05) is 13.1 Å². The van der Waals surface area contributed by atoms with Gasteiger partial charge in [0.05, 0.1) is 0 Å². The summed E-state index contributed by atoms with van der Waals surface area (Å²) < 4.78 is 53.8. The molecule has 2 rings (SSSR count). The van der Waals surface area contributed by atoms with Crippen molar-refractivity contribution in [3.05, 3.63) is 29.3 Å². The molecular weight excluding hydrogens is 298 g/mol. The van der Waals surface area contributed by atoms with E-state index in [2.05, 4.69) is 5.32 Å². The Bertz CT molecular complexity index is 618. The van der Waals surface area contributed by atoms with Gasteiger partial charge in [0.1, 0.15) is 16.5 Å². The number of nitrogens with zero attached hydrogens (tertiary/aromatic N) is 1. The van der Waals surface area contributed by atoms with E-state index in [1.807, 2.05) is 7.05 Å². The second kappa shape index (κ2) is 6.37. The third kappa shape index (κ3) is 3.41. The molecular formula is C14H20F2N2O2S. The number of sulfonamides is 1. The minimum atomic E-state index is -3.99. The number of hydrogen-bond donors (Lipinski definition) is 1. The normalized spacial score (nSPS) is 20.7. The van der Waals surface area contributed by atoms with Crippen LogP contribution in [0.1, 0.15) is 18.4 Å². The van der Waals surface area contributed by atoms with E-state index in [0.29, 0.717) is 19.6 Å². The van der Waals surface area contributed by atoms with Crippen LogP contribution < -0.4 is 5.32 Å². The molecule has 1 aromatic carbocycles. The molecule has 1 atom stereocenters. The lowest BCUT2D eigenvalue weighted by Crippen LogP contribution is -2.42. The van der Waals surface area contributed by atoms with Crippen LogP contribution in [0.15, 0.2) is 17.0 Å². The molecule has 118 valence electrons. The molecule has 1 unspecified atom stereocenters. The van der Waals surface area contributed by atoms with Gasteiger partial charge in [0.15, 0.2) is 0 Å². The Morgan fingerprint density at radius 2 is 2.05 bits per heavy atom. The Labute approximate surface area is 124 Å². The predicted molar refractivity (Wildman–Crippen MR) is 76.5 cm³/mol. The Balaban J connectivity index is 2.31. The van der Waals surface area contributed by atoms with Gasteiger partial charge >= 0.3 is 0 Å². The Morgan fingerprint density at radius 1 is 1.33 bits per heavy atom. The molecule has 0 aliphatic carbocycles. The summed E-state index contributed by atoms with van der Waals surface area (Å²) in [6.45, 7) is 2.78. The van der Waals surface area contributed by atoms with Gasteiger partial charge in [-0.15, -0.1) is 0 Å². The van der Waals surface area contributed by atoms with Crippen molar-refractivity contribution in [1.82, 2.24) is 9.62 Å². The smallest absolute Gasteiger partial charge is 0.246 e. The molecule has 1 fully saturated rings. The molecule has 1 aliphatic rings. The Kier molecular flexibility index (Phi) is 4.95. The molecule has 4 nitrogen and oxygen atoms in total.